The molecule has 0 amide bonds. The minimum atomic E-state index is 0. The molecule has 10 heavy (non-hydrogen) atoms. The van der Waals surface area contributed by atoms with Gasteiger partial charge in [-0.2, -0.15) is 0 Å². The molecule has 0 aliphatic carbocycles. The number of rotatable bonds is 0. The van der Waals surface area contributed by atoms with E-state index in [0.717, 1.165) is 0 Å². The Morgan fingerprint density at radius 1 is 0.800 bits per heavy atom. The fraction of sp³-hybridized carbons (Fsp3) is 1.00. The highest BCUT2D eigenvalue weighted by atomic mass is 32.1. The topological polar surface area (TPSA) is 3.24 Å². The minimum Gasteiger partial charge on any atom is -0.269 e. The lowest BCUT2D eigenvalue weighted by molar-refractivity contribution is 0.385. The number of thiol groups is 1. The summed E-state index contributed by atoms with van der Waals surface area (Å²) in [6, 6.07) is 0. The molecule has 1 fully saturated rings. The number of nitrogens with zero attached hydrogens (tertiary/aromatic N) is 1. The van der Waals surface area contributed by atoms with Gasteiger partial charge in [-0.25, -0.2) is 0 Å². The van der Waals surface area contributed by atoms with E-state index in [0.29, 0.717) is 0 Å². The quantitative estimate of drug-likeness (QED) is 0.552. The van der Waals surface area contributed by atoms with Crippen LogP contribution in [0.25, 0.3) is 0 Å². The van der Waals surface area contributed by atoms with Crippen molar-refractivity contribution >= 4 is 12.8 Å². The summed E-state index contributed by atoms with van der Waals surface area (Å²) >= 11 is 4.19. The maximum Gasteiger partial charge on any atom is 0.00869 e. The van der Waals surface area contributed by atoms with Crippen LogP contribution in [0.5, 0.6) is 0 Å². The molecule has 1 aliphatic rings. The lowest BCUT2D eigenvalue weighted by atomic mass is 10.2. The molecule has 1 saturated heterocycles. The van der Waals surface area contributed by atoms with Gasteiger partial charge in [0.2, 0.25) is 0 Å². The van der Waals surface area contributed by atoms with E-state index in [4.69, 9.17) is 0 Å². The van der Waals surface area contributed by atoms with Gasteiger partial charge in [0, 0.05) is 13.1 Å². The second-order valence-corrected chi connectivity index (χ2v) is 2.58. The summed E-state index contributed by atoms with van der Waals surface area (Å²) in [5.74, 6) is 0. The van der Waals surface area contributed by atoms with Gasteiger partial charge >= 0.3 is 0 Å². The van der Waals surface area contributed by atoms with Gasteiger partial charge in [-0.3, -0.25) is 18.4 Å². The number of halogens is 3. The van der Waals surface area contributed by atoms with Crippen molar-refractivity contribution in [3.8, 4) is 0 Å². The fourth-order valence-corrected chi connectivity index (χ4v) is 1.16. The summed E-state index contributed by atoms with van der Waals surface area (Å²) in [5, 5.41) is 0. The molecule has 0 aromatic rings. The van der Waals surface area contributed by atoms with Crippen molar-refractivity contribution in [2.45, 2.75) is 19.3 Å². The summed E-state index contributed by atoms with van der Waals surface area (Å²) in [6.07, 6.45) is 4.07. The predicted molar refractivity (Wildman–Crippen MR) is 41.9 cm³/mol. The van der Waals surface area contributed by atoms with Gasteiger partial charge in [0.05, 0.1) is 0 Å². The Morgan fingerprint density at radius 3 is 1.40 bits per heavy atom. The van der Waals surface area contributed by atoms with E-state index in [1.54, 1.807) is 0 Å². The summed E-state index contributed by atoms with van der Waals surface area (Å²) < 4.78 is 2.09. The van der Waals surface area contributed by atoms with Crippen LogP contribution in [0.4, 0.5) is 14.1 Å². The molecule has 1 heterocycles. The number of hydrogen-bond acceptors (Lipinski definition) is 2. The van der Waals surface area contributed by atoms with Crippen molar-refractivity contribution in [1.29, 1.82) is 0 Å². The molecule has 1 rings (SSSR count). The summed E-state index contributed by atoms with van der Waals surface area (Å²) in [5.41, 5.74) is 0. The molecule has 1 nitrogen and oxygen atoms in total. The van der Waals surface area contributed by atoms with Gasteiger partial charge in [0.1, 0.15) is 0 Å². The molecule has 0 N–H and O–H groups in total. The first kappa shape index (κ1) is 16.6. The Hall–Kier alpha value is 0.1000. The number of hydrogen-bond donors (Lipinski definition) is 1. The van der Waals surface area contributed by atoms with Crippen molar-refractivity contribution < 1.29 is 14.1 Å². The van der Waals surface area contributed by atoms with Crippen molar-refractivity contribution in [2.24, 2.45) is 0 Å². The number of piperidine rings is 1. The maximum absolute atomic E-state index is 4.19. The van der Waals surface area contributed by atoms with Crippen LogP contribution in [-0.2, 0) is 0 Å². The minimum absolute atomic E-state index is 0. The molecule has 5 heteroatoms. The van der Waals surface area contributed by atoms with E-state index in [2.05, 4.69) is 17.1 Å². The van der Waals surface area contributed by atoms with Gasteiger partial charge < -0.3 is 0 Å². The van der Waals surface area contributed by atoms with Crippen molar-refractivity contribution in [2.75, 3.05) is 13.1 Å². The molecule has 0 saturated carbocycles. The average Bonchev–Trinajstić information content (AvgIpc) is 1.69. The molecule has 0 unspecified atom stereocenters. The van der Waals surface area contributed by atoms with Crippen LogP contribution in [0, 0.1) is 0 Å². The van der Waals surface area contributed by atoms with E-state index < -0.39 is 0 Å². The summed E-state index contributed by atoms with van der Waals surface area (Å²) in [6.45, 7) is 2.37. The summed E-state index contributed by atoms with van der Waals surface area (Å²) in [4.78, 5) is 0. The van der Waals surface area contributed by atoms with Gasteiger partial charge in [0.15, 0.2) is 0 Å². The van der Waals surface area contributed by atoms with E-state index >= 15 is 0 Å². The second kappa shape index (κ2) is 9.10. The van der Waals surface area contributed by atoms with Gasteiger partial charge in [-0.1, -0.05) is 19.2 Å². The van der Waals surface area contributed by atoms with Crippen LogP contribution in [-0.4, -0.2) is 17.4 Å². The van der Waals surface area contributed by atoms with Gasteiger partial charge in [-0.05, 0) is 12.8 Å². The molecule has 0 radical (unpaired) electrons. The Balaban J connectivity index is -0.000000163. The highest BCUT2D eigenvalue weighted by molar-refractivity contribution is 7.77. The van der Waals surface area contributed by atoms with E-state index in [9.17, 15) is 0 Å². The first-order valence-electron chi connectivity index (χ1n) is 2.83. The molecule has 66 valence electrons. The molecular formula is C5H14F3NS. The Kier molecular flexibility index (Phi) is 15.1. The Bertz CT molecular complexity index is 58.9. The molecule has 0 aromatic heterocycles. The predicted octanol–water partition coefficient (Wildman–Crippen LogP) is 1.77. The molecule has 1 aliphatic heterocycles. The van der Waals surface area contributed by atoms with E-state index in [-0.39, 0.29) is 14.1 Å². The summed E-state index contributed by atoms with van der Waals surface area (Å²) in [7, 11) is 0. The Morgan fingerprint density at radius 2 is 1.20 bits per heavy atom. The van der Waals surface area contributed by atoms with E-state index in [1.807, 2.05) is 0 Å². The standard InChI is InChI=1S/C5H11NS.3FH/c7-6-4-2-1-3-5-6;;;/h7H,1-5H2;3*1H. The molecule has 0 atom stereocenters. The lowest BCUT2D eigenvalue weighted by Crippen LogP contribution is -2.19. The Labute approximate surface area is 64.4 Å². The average molecular weight is 177 g/mol. The highest BCUT2D eigenvalue weighted by Gasteiger charge is 2.03. The smallest absolute Gasteiger partial charge is 0.00869 e. The monoisotopic (exact) mass is 177 g/mol. The largest absolute Gasteiger partial charge is 0.269 e. The first-order chi connectivity index (χ1) is 3.39. The highest BCUT2D eigenvalue weighted by Crippen LogP contribution is 2.08. The van der Waals surface area contributed by atoms with Crippen molar-refractivity contribution in [1.82, 2.24) is 4.31 Å². The zero-order valence-electron chi connectivity index (χ0n) is 5.65. The van der Waals surface area contributed by atoms with Crippen LogP contribution in [0.3, 0.4) is 0 Å². The van der Waals surface area contributed by atoms with E-state index in [1.165, 1.54) is 32.4 Å². The second-order valence-electron chi connectivity index (χ2n) is 2.01. The maximum atomic E-state index is 4.19. The van der Waals surface area contributed by atoms with Crippen LogP contribution >= 0.6 is 12.8 Å². The van der Waals surface area contributed by atoms with Crippen molar-refractivity contribution in [3.63, 3.8) is 0 Å². The normalized spacial score (nSPS) is 17.7. The third-order valence-corrected chi connectivity index (χ3v) is 1.73. The van der Waals surface area contributed by atoms with Crippen molar-refractivity contribution in [3.05, 3.63) is 0 Å². The zero-order valence-corrected chi connectivity index (χ0v) is 6.55. The van der Waals surface area contributed by atoms with Crippen LogP contribution in [0.2, 0.25) is 0 Å². The zero-order chi connectivity index (χ0) is 5.11. The third-order valence-electron chi connectivity index (χ3n) is 1.33. The molecule has 0 spiro atoms. The van der Waals surface area contributed by atoms with Gasteiger partial charge in [-0.15, -0.1) is 0 Å². The fourth-order valence-electron chi connectivity index (χ4n) is 0.877. The van der Waals surface area contributed by atoms with Crippen LogP contribution < -0.4 is 0 Å². The third kappa shape index (κ3) is 6.22. The molecule has 0 aromatic carbocycles. The van der Waals surface area contributed by atoms with Gasteiger partial charge in [0.25, 0.3) is 0 Å². The van der Waals surface area contributed by atoms with Crippen LogP contribution in [0.15, 0.2) is 0 Å². The first-order valence-corrected chi connectivity index (χ1v) is 3.23. The van der Waals surface area contributed by atoms with Crippen LogP contribution in [0.1, 0.15) is 19.3 Å². The molecular weight excluding hydrogens is 163 g/mol. The molecule has 0 bridgehead atoms. The SMILES string of the molecule is F.F.F.SN1CCCCC1. The lowest BCUT2D eigenvalue weighted by Gasteiger charge is -2.19.